The maximum atomic E-state index is 8.36. The Labute approximate surface area is 76.3 Å². The van der Waals surface area contributed by atoms with Gasteiger partial charge >= 0.3 is 35.6 Å². The van der Waals surface area contributed by atoms with Crippen molar-refractivity contribution in [1.29, 1.82) is 0 Å². The van der Waals surface area contributed by atoms with Crippen molar-refractivity contribution in [2.45, 2.75) is 0 Å². The smallest absolute Gasteiger partial charge is 0.356 e. The van der Waals surface area contributed by atoms with Crippen molar-refractivity contribution in [2.75, 3.05) is 0 Å². The first-order valence-electron chi connectivity index (χ1n) is 1.11. The molecular weight excluding hydrogens is 263 g/mol. The Morgan fingerprint density at radius 3 is 1.11 bits per heavy atom. The Bertz CT molecular complexity index is 69.1. The molecule has 0 heterocycles. The number of hydrogen-bond donors (Lipinski definition) is 1. The summed E-state index contributed by atoms with van der Waals surface area (Å²) in [6.45, 7) is 0. The monoisotopic (exact) mass is 264 g/mol. The Hall–Kier alpha value is -0.405. The Balaban J connectivity index is -0.0000000720. The third kappa shape index (κ3) is 1450. The summed E-state index contributed by atoms with van der Waals surface area (Å²) >= 11 is 0. The van der Waals surface area contributed by atoms with Crippen LogP contribution in [0, 0.1) is 61.0 Å². The summed E-state index contributed by atoms with van der Waals surface area (Å²) in [7, 11) is 0. The van der Waals surface area contributed by atoms with Gasteiger partial charge in [-0.25, -0.2) is 0 Å². The predicted molar refractivity (Wildman–Crippen MR) is 19.1 cm³/mol. The van der Waals surface area contributed by atoms with Crippen LogP contribution >= 0.6 is 0 Å². The van der Waals surface area contributed by atoms with Crippen LogP contribution < -0.4 is 0 Å². The van der Waals surface area contributed by atoms with E-state index in [9.17, 15) is 0 Å². The zero-order valence-electron chi connectivity index (χ0n) is 3.96. The average Bonchev–Trinajstić information content (AvgIpc) is 1.25. The molecule has 0 saturated carbocycles. The van der Waals surface area contributed by atoms with E-state index in [1.165, 1.54) is 0 Å². The summed E-state index contributed by atoms with van der Waals surface area (Å²) in [4.78, 5) is 16.6. The molecule has 0 aromatic rings. The molecule has 1 N–H and O–H groups in total. The molecule has 8 nitrogen and oxygen atoms in total. The van der Waals surface area contributed by atoms with E-state index in [2.05, 4.69) is 0 Å². The fraction of sp³-hybridized carbons (Fsp3) is 0. The molecule has 0 radical (unpaired) electrons. The van der Waals surface area contributed by atoms with Crippen molar-refractivity contribution >= 4 is 0 Å². The molecule has 0 saturated heterocycles. The van der Waals surface area contributed by atoms with Gasteiger partial charge in [0.15, 0.2) is 0 Å². The maximum Gasteiger partial charge on any atom is 3.00 e. The van der Waals surface area contributed by atoms with E-state index >= 15 is 0 Å². The minimum absolute atomic E-state index is 0. The molecule has 0 aliphatic heterocycles. The van der Waals surface area contributed by atoms with Crippen LogP contribution in [0.1, 0.15) is 0 Å². The van der Waals surface area contributed by atoms with Gasteiger partial charge in [0.25, 0.3) is 5.09 Å². The largest absolute Gasteiger partial charge is 3.00 e. The molecule has 0 amide bonds. The third-order valence-electron chi connectivity index (χ3n) is 0. The van der Waals surface area contributed by atoms with E-state index in [0.717, 1.165) is 0 Å². The molecule has 0 aromatic heterocycles. The molecular formula is HLaN2O6+2. The second kappa shape index (κ2) is 10.6. The summed E-state index contributed by atoms with van der Waals surface area (Å²) in [5, 5.41) is 28.4. The summed E-state index contributed by atoms with van der Waals surface area (Å²) < 4.78 is 0. The summed E-state index contributed by atoms with van der Waals surface area (Å²) in [6.07, 6.45) is 0. The zero-order valence-corrected chi connectivity index (χ0v) is 7.59. The first-order chi connectivity index (χ1) is 3.46. The molecule has 9 heteroatoms. The number of nitrogens with zero attached hydrogens (tertiary/aromatic N) is 2. The van der Waals surface area contributed by atoms with Crippen LogP contribution in [-0.2, 0) is 0 Å². The van der Waals surface area contributed by atoms with E-state index in [4.69, 9.17) is 30.6 Å². The normalized spacial score (nSPS) is 5.33. The number of hydrogen-bond acceptors (Lipinski definition) is 5. The molecule has 9 heavy (non-hydrogen) atoms. The van der Waals surface area contributed by atoms with Crippen molar-refractivity contribution in [2.24, 2.45) is 0 Å². The second-order valence-electron chi connectivity index (χ2n) is 0.461. The van der Waals surface area contributed by atoms with Gasteiger partial charge in [-0.3, -0.25) is 0 Å². The zero-order chi connectivity index (χ0) is 7.15. The van der Waals surface area contributed by atoms with Crippen molar-refractivity contribution in [3.8, 4) is 0 Å². The first-order valence-corrected chi connectivity index (χ1v) is 1.11. The van der Waals surface area contributed by atoms with Gasteiger partial charge in [-0.05, 0) is 0 Å². The van der Waals surface area contributed by atoms with E-state index in [0.29, 0.717) is 0 Å². The number of rotatable bonds is 0. The van der Waals surface area contributed by atoms with Crippen LogP contribution in [0.5, 0.6) is 0 Å². The van der Waals surface area contributed by atoms with Gasteiger partial charge in [0.2, 0.25) is 0 Å². The van der Waals surface area contributed by atoms with Gasteiger partial charge in [-0.15, -0.1) is 10.1 Å². The predicted octanol–water partition coefficient (Wildman–Crippen LogP) is -0.587. The van der Waals surface area contributed by atoms with Crippen molar-refractivity contribution < 1.29 is 51.0 Å². The van der Waals surface area contributed by atoms with Crippen LogP contribution in [0.3, 0.4) is 0 Å². The third-order valence-corrected chi connectivity index (χ3v) is 0. The van der Waals surface area contributed by atoms with Gasteiger partial charge in [-0.1, -0.05) is 0 Å². The van der Waals surface area contributed by atoms with Crippen LogP contribution in [0.15, 0.2) is 0 Å². The van der Waals surface area contributed by atoms with Crippen molar-refractivity contribution in [3.63, 3.8) is 0 Å². The topological polar surface area (TPSA) is 130 Å². The van der Waals surface area contributed by atoms with Crippen molar-refractivity contribution in [1.82, 2.24) is 0 Å². The van der Waals surface area contributed by atoms with E-state index in [1.54, 1.807) is 0 Å². The summed E-state index contributed by atoms with van der Waals surface area (Å²) in [5.41, 5.74) is 0. The fourth-order valence-electron chi connectivity index (χ4n) is 0. The molecule has 0 atom stereocenters. The molecule has 0 fully saturated rings. The first kappa shape index (κ1) is 15.8. The van der Waals surface area contributed by atoms with Crippen LogP contribution in [-0.4, -0.2) is 15.4 Å². The van der Waals surface area contributed by atoms with Gasteiger partial charge in [0, 0.05) is 0 Å². The van der Waals surface area contributed by atoms with Gasteiger partial charge in [0.1, 0.15) is 0 Å². The molecule has 0 rings (SSSR count). The van der Waals surface area contributed by atoms with E-state index < -0.39 is 10.2 Å². The quantitative estimate of drug-likeness (QED) is 0.459. The minimum Gasteiger partial charge on any atom is -0.356 e. The fourth-order valence-corrected chi connectivity index (χ4v) is 0. The van der Waals surface area contributed by atoms with Gasteiger partial charge in [-0.2, -0.15) is 0 Å². The molecule has 0 bridgehead atoms. The van der Waals surface area contributed by atoms with E-state index in [1.807, 2.05) is 0 Å². The maximum absolute atomic E-state index is 8.36. The summed E-state index contributed by atoms with van der Waals surface area (Å²) in [6, 6.07) is 0. The van der Waals surface area contributed by atoms with Gasteiger partial charge < -0.3 is 20.5 Å². The molecule has 48 valence electrons. The Kier molecular flexibility index (Phi) is 18.6. The standard InChI is InChI=1S/La.HNO3.NO3/c;2*2-1(3)4/h;(H,2,3,4);/q+3;;-1. The molecule has 0 aliphatic rings. The second-order valence-corrected chi connectivity index (χ2v) is 0.461. The molecule has 0 aromatic carbocycles. The molecule has 0 unspecified atom stereocenters. The van der Waals surface area contributed by atoms with Crippen LogP contribution in [0.25, 0.3) is 0 Å². The SMILES string of the molecule is O=[N+]([O-])O.O=[N+]([O-])[O-].[La+3]. The Morgan fingerprint density at radius 1 is 1.11 bits per heavy atom. The molecule has 0 spiro atoms. The van der Waals surface area contributed by atoms with Crippen LogP contribution in [0.2, 0.25) is 0 Å². The van der Waals surface area contributed by atoms with Crippen LogP contribution in [0.4, 0.5) is 0 Å². The molecule has 0 aliphatic carbocycles. The summed E-state index contributed by atoms with van der Waals surface area (Å²) in [5.74, 6) is 0. The van der Waals surface area contributed by atoms with E-state index in [-0.39, 0.29) is 35.6 Å². The Morgan fingerprint density at radius 2 is 1.11 bits per heavy atom. The average molecular weight is 264 g/mol. The van der Waals surface area contributed by atoms with Gasteiger partial charge in [0.05, 0.1) is 5.09 Å². The van der Waals surface area contributed by atoms with Crippen molar-refractivity contribution in [3.05, 3.63) is 25.4 Å². The minimum atomic E-state index is -1.75.